The van der Waals surface area contributed by atoms with Crippen LogP contribution in [0.2, 0.25) is 0 Å². The molecule has 0 unspecified atom stereocenters. The third-order valence-corrected chi connectivity index (χ3v) is 2.12. The molecule has 2 nitrogen and oxygen atoms in total. The Morgan fingerprint density at radius 3 is 2.46 bits per heavy atom. The number of rotatable bonds is 2. The van der Waals surface area contributed by atoms with Crippen molar-refractivity contribution in [2.75, 3.05) is 0 Å². The van der Waals surface area contributed by atoms with Crippen LogP contribution in [0.4, 0.5) is 0 Å². The highest BCUT2D eigenvalue weighted by molar-refractivity contribution is 5.14. The second-order valence-corrected chi connectivity index (χ2v) is 4.98. The Morgan fingerprint density at radius 2 is 2.08 bits per heavy atom. The normalized spacial score (nSPS) is 14.5. The van der Waals surface area contributed by atoms with Crippen LogP contribution in [0.25, 0.3) is 0 Å². The monoisotopic (exact) mass is 180 g/mol. The molecule has 0 saturated heterocycles. The number of aryl methyl sites for hydroxylation is 1. The van der Waals surface area contributed by atoms with Gasteiger partial charge in [0.1, 0.15) is 0 Å². The minimum Gasteiger partial charge on any atom is -0.357 e. The molecule has 1 heterocycles. The Balaban J connectivity index is 2.64. The fraction of sp³-hybridized carbons (Fsp3) is 0.636. The third-order valence-electron chi connectivity index (χ3n) is 2.12. The smallest absolute Gasteiger partial charge is 0.0314 e. The summed E-state index contributed by atoms with van der Waals surface area (Å²) < 4.78 is 2.04. The summed E-state index contributed by atoms with van der Waals surface area (Å²) >= 11 is 0. The number of nitrogens with two attached hydrogens (primary N) is 1. The van der Waals surface area contributed by atoms with Crippen molar-refractivity contribution in [3.63, 3.8) is 0 Å². The van der Waals surface area contributed by atoms with E-state index in [1.54, 1.807) is 0 Å². The van der Waals surface area contributed by atoms with Gasteiger partial charge in [-0.1, -0.05) is 20.8 Å². The van der Waals surface area contributed by atoms with E-state index < -0.39 is 0 Å². The van der Waals surface area contributed by atoms with Crippen LogP contribution in [0.3, 0.4) is 0 Å². The molecular formula is C11H20N2. The average molecular weight is 180 g/mol. The Bertz CT molecular complexity index is 268. The lowest BCUT2D eigenvalue weighted by Crippen LogP contribution is -2.18. The van der Waals surface area contributed by atoms with E-state index in [0.717, 1.165) is 6.42 Å². The first-order valence-corrected chi connectivity index (χ1v) is 4.76. The summed E-state index contributed by atoms with van der Waals surface area (Å²) in [5, 5.41) is 0. The largest absolute Gasteiger partial charge is 0.357 e. The van der Waals surface area contributed by atoms with Gasteiger partial charge in [0.25, 0.3) is 0 Å². The molecule has 1 atom stereocenters. The first-order chi connectivity index (χ1) is 5.88. The van der Waals surface area contributed by atoms with Gasteiger partial charge in [-0.3, -0.25) is 0 Å². The topological polar surface area (TPSA) is 30.9 Å². The van der Waals surface area contributed by atoms with Crippen molar-refractivity contribution >= 4 is 0 Å². The molecule has 0 saturated carbocycles. The zero-order valence-corrected chi connectivity index (χ0v) is 9.04. The summed E-state index contributed by atoms with van der Waals surface area (Å²) in [6, 6.07) is 2.26. The summed E-state index contributed by atoms with van der Waals surface area (Å²) in [5.74, 6) is 0. The van der Waals surface area contributed by atoms with Crippen molar-refractivity contribution in [1.82, 2.24) is 4.57 Å². The maximum atomic E-state index is 6.08. The fourth-order valence-corrected chi connectivity index (χ4v) is 1.52. The summed E-state index contributed by atoms with van der Waals surface area (Å²) in [4.78, 5) is 0. The van der Waals surface area contributed by atoms with Crippen molar-refractivity contribution in [2.45, 2.75) is 33.2 Å². The lowest BCUT2D eigenvalue weighted by atomic mass is 9.86. The Labute approximate surface area is 80.7 Å². The van der Waals surface area contributed by atoms with E-state index in [1.807, 2.05) is 17.8 Å². The molecule has 0 aliphatic rings. The molecular weight excluding hydrogens is 160 g/mol. The van der Waals surface area contributed by atoms with Gasteiger partial charge in [0.2, 0.25) is 0 Å². The van der Waals surface area contributed by atoms with Gasteiger partial charge in [-0.25, -0.2) is 0 Å². The van der Waals surface area contributed by atoms with Crippen molar-refractivity contribution in [3.05, 3.63) is 24.0 Å². The molecule has 2 N–H and O–H groups in total. The number of hydrogen-bond acceptors (Lipinski definition) is 1. The van der Waals surface area contributed by atoms with Crippen LogP contribution in [0.1, 0.15) is 38.8 Å². The first kappa shape index (κ1) is 10.3. The Hall–Kier alpha value is -0.760. The first-order valence-electron chi connectivity index (χ1n) is 4.76. The molecule has 0 aliphatic carbocycles. The number of hydrogen-bond donors (Lipinski definition) is 1. The molecule has 2 heteroatoms. The van der Waals surface area contributed by atoms with Crippen LogP contribution >= 0.6 is 0 Å². The van der Waals surface area contributed by atoms with Crippen LogP contribution in [-0.2, 0) is 7.05 Å². The van der Waals surface area contributed by atoms with Crippen molar-refractivity contribution < 1.29 is 0 Å². The molecule has 0 aromatic carbocycles. The van der Waals surface area contributed by atoms with Crippen LogP contribution in [0.15, 0.2) is 18.5 Å². The SMILES string of the molecule is Cn1ccc([C@H](N)CC(C)(C)C)c1. The van der Waals surface area contributed by atoms with Gasteiger partial charge in [0.05, 0.1) is 0 Å². The van der Waals surface area contributed by atoms with E-state index in [9.17, 15) is 0 Å². The van der Waals surface area contributed by atoms with Crippen molar-refractivity contribution in [1.29, 1.82) is 0 Å². The predicted octanol–water partition coefficient (Wildman–Crippen LogP) is 2.46. The number of nitrogens with zero attached hydrogens (tertiary/aromatic N) is 1. The zero-order chi connectivity index (χ0) is 10.1. The molecule has 74 valence electrons. The van der Waals surface area contributed by atoms with Crippen LogP contribution < -0.4 is 5.73 Å². The van der Waals surface area contributed by atoms with Crippen molar-refractivity contribution in [2.24, 2.45) is 18.2 Å². The molecule has 0 fully saturated rings. The summed E-state index contributed by atoms with van der Waals surface area (Å²) in [6.07, 6.45) is 5.16. The van der Waals surface area contributed by atoms with Crippen LogP contribution in [0, 0.1) is 5.41 Å². The Morgan fingerprint density at radius 1 is 1.46 bits per heavy atom. The molecule has 0 aliphatic heterocycles. The molecule has 1 aromatic rings. The van der Waals surface area contributed by atoms with Crippen molar-refractivity contribution in [3.8, 4) is 0 Å². The third kappa shape index (κ3) is 3.23. The highest BCUT2D eigenvalue weighted by Gasteiger charge is 2.17. The van der Waals surface area contributed by atoms with E-state index in [4.69, 9.17) is 5.73 Å². The van der Waals surface area contributed by atoms with E-state index in [1.165, 1.54) is 5.56 Å². The summed E-state index contributed by atoms with van der Waals surface area (Å²) in [7, 11) is 2.02. The van der Waals surface area contributed by atoms with E-state index in [2.05, 4.69) is 33.0 Å². The van der Waals surface area contributed by atoms with Gasteiger partial charge in [-0.2, -0.15) is 0 Å². The average Bonchev–Trinajstić information content (AvgIpc) is 2.31. The van der Waals surface area contributed by atoms with Gasteiger partial charge < -0.3 is 10.3 Å². The maximum absolute atomic E-state index is 6.08. The highest BCUT2D eigenvalue weighted by atomic mass is 14.9. The second-order valence-electron chi connectivity index (χ2n) is 4.98. The van der Waals surface area contributed by atoms with Crippen LogP contribution in [-0.4, -0.2) is 4.57 Å². The molecule has 0 bridgehead atoms. The standard InChI is InChI=1S/C11H20N2/c1-11(2,3)7-10(12)9-5-6-13(4)8-9/h5-6,8,10H,7,12H2,1-4H3/t10-/m1/s1. The van der Waals surface area contributed by atoms with E-state index in [0.29, 0.717) is 5.41 Å². The summed E-state index contributed by atoms with van der Waals surface area (Å²) in [6.45, 7) is 6.65. The van der Waals surface area contributed by atoms with Gasteiger partial charge in [0, 0.05) is 25.5 Å². The highest BCUT2D eigenvalue weighted by Crippen LogP contribution is 2.27. The molecule has 0 spiro atoms. The molecule has 0 radical (unpaired) electrons. The minimum atomic E-state index is 0.168. The minimum absolute atomic E-state index is 0.168. The quantitative estimate of drug-likeness (QED) is 0.744. The fourth-order valence-electron chi connectivity index (χ4n) is 1.52. The predicted molar refractivity (Wildman–Crippen MR) is 56.4 cm³/mol. The molecule has 0 amide bonds. The lowest BCUT2D eigenvalue weighted by Gasteiger charge is -2.22. The molecule has 13 heavy (non-hydrogen) atoms. The van der Waals surface area contributed by atoms with Gasteiger partial charge in [0.15, 0.2) is 0 Å². The molecule has 1 aromatic heterocycles. The van der Waals surface area contributed by atoms with Gasteiger partial charge >= 0.3 is 0 Å². The van der Waals surface area contributed by atoms with E-state index >= 15 is 0 Å². The van der Waals surface area contributed by atoms with Gasteiger partial charge in [-0.15, -0.1) is 0 Å². The van der Waals surface area contributed by atoms with Gasteiger partial charge in [-0.05, 0) is 23.5 Å². The van der Waals surface area contributed by atoms with Crippen LogP contribution in [0.5, 0.6) is 0 Å². The maximum Gasteiger partial charge on any atom is 0.0314 e. The number of aromatic nitrogens is 1. The summed E-state index contributed by atoms with van der Waals surface area (Å²) in [5.41, 5.74) is 7.62. The molecule has 1 rings (SSSR count). The van der Waals surface area contributed by atoms with E-state index in [-0.39, 0.29) is 6.04 Å². The zero-order valence-electron chi connectivity index (χ0n) is 9.04. The lowest BCUT2D eigenvalue weighted by molar-refractivity contribution is 0.343. The second kappa shape index (κ2) is 3.54. The Kier molecular flexibility index (Phi) is 2.81.